The van der Waals surface area contributed by atoms with Crippen molar-refractivity contribution in [3.05, 3.63) is 35.1 Å². The topological polar surface area (TPSA) is 70.5 Å². The van der Waals surface area contributed by atoms with E-state index >= 15 is 0 Å². The van der Waals surface area contributed by atoms with E-state index in [0.29, 0.717) is 24.9 Å². The van der Waals surface area contributed by atoms with Gasteiger partial charge in [0.25, 0.3) is 0 Å². The standard InChI is InChI=1S/C22H31FN2O3S/c1-20(2,3)28-19(26)25-11-10-22(13-17(25)24)12-15-14(8-7-9-16(15)23)18(22)29(27)21(4,5)6/h7-9,18,24H,10-13H2,1-6H3/t18?,22?,29-/m1/s1. The number of fused-ring (bicyclic) bond motifs is 1. The third-order valence-corrected chi connectivity index (χ3v) is 8.02. The lowest BCUT2D eigenvalue weighted by atomic mass is 9.75. The molecule has 1 aromatic rings. The highest BCUT2D eigenvalue weighted by molar-refractivity contribution is 7.86. The number of hydrogen-bond donors (Lipinski definition) is 1. The van der Waals surface area contributed by atoms with E-state index in [9.17, 15) is 13.4 Å². The Morgan fingerprint density at radius 1 is 1.24 bits per heavy atom. The van der Waals surface area contributed by atoms with E-state index in [1.165, 1.54) is 11.0 Å². The average molecular weight is 423 g/mol. The van der Waals surface area contributed by atoms with Crippen LogP contribution in [0.25, 0.3) is 0 Å². The molecule has 2 unspecified atom stereocenters. The fraction of sp³-hybridized carbons (Fsp3) is 0.636. The van der Waals surface area contributed by atoms with Crippen molar-refractivity contribution in [3.63, 3.8) is 0 Å². The molecule has 29 heavy (non-hydrogen) atoms. The van der Waals surface area contributed by atoms with Crippen LogP contribution in [0, 0.1) is 16.6 Å². The van der Waals surface area contributed by atoms with Crippen LogP contribution in [0.15, 0.2) is 18.2 Å². The molecule has 3 rings (SSSR count). The number of nitrogens with one attached hydrogen (secondary N) is 1. The highest BCUT2D eigenvalue weighted by atomic mass is 32.2. The molecule has 0 saturated carbocycles. The second kappa shape index (κ2) is 7.18. The quantitative estimate of drug-likeness (QED) is 0.695. The van der Waals surface area contributed by atoms with Gasteiger partial charge in [-0.05, 0) is 71.6 Å². The largest absolute Gasteiger partial charge is 0.443 e. The predicted molar refractivity (Wildman–Crippen MR) is 113 cm³/mol. The van der Waals surface area contributed by atoms with Gasteiger partial charge in [-0.15, -0.1) is 0 Å². The molecule has 0 radical (unpaired) electrons. The van der Waals surface area contributed by atoms with Crippen LogP contribution in [0.2, 0.25) is 0 Å². The lowest BCUT2D eigenvalue weighted by Crippen LogP contribution is -2.50. The maximum atomic E-state index is 14.6. The van der Waals surface area contributed by atoms with E-state index in [1.807, 2.05) is 26.8 Å². The number of piperidine rings is 1. The highest BCUT2D eigenvalue weighted by Gasteiger charge is 2.54. The van der Waals surface area contributed by atoms with Crippen LogP contribution in [0.1, 0.15) is 70.8 Å². The lowest BCUT2D eigenvalue weighted by molar-refractivity contribution is 0.0314. The SMILES string of the molecule is CC(C)(C)OC(=O)N1CCC2(CC1=N)Cc1c(F)cccc1C2[S@@](=O)C(C)(C)C. The summed E-state index contributed by atoms with van der Waals surface area (Å²) in [6.07, 6.45) is 0.723. The molecule has 1 aromatic carbocycles. The van der Waals surface area contributed by atoms with Gasteiger partial charge in [0.2, 0.25) is 0 Å². The van der Waals surface area contributed by atoms with Gasteiger partial charge in [0.1, 0.15) is 17.3 Å². The fourth-order valence-corrected chi connectivity index (χ4v) is 6.26. The van der Waals surface area contributed by atoms with Crippen molar-refractivity contribution < 1.29 is 18.1 Å². The molecule has 5 nitrogen and oxygen atoms in total. The number of carbonyl (C=O) groups excluding carboxylic acids is 1. The maximum Gasteiger partial charge on any atom is 0.415 e. The molecule has 1 aliphatic heterocycles. The van der Waals surface area contributed by atoms with Crippen molar-refractivity contribution in [2.24, 2.45) is 5.41 Å². The minimum atomic E-state index is -1.27. The van der Waals surface area contributed by atoms with E-state index in [-0.39, 0.29) is 23.3 Å². The van der Waals surface area contributed by atoms with Gasteiger partial charge in [0, 0.05) is 33.9 Å². The summed E-state index contributed by atoms with van der Waals surface area (Å²) in [5.41, 5.74) is 0.221. The van der Waals surface area contributed by atoms with Crippen LogP contribution in [-0.2, 0) is 22.0 Å². The van der Waals surface area contributed by atoms with E-state index in [0.717, 1.165) is 5.56 Å². The number of benzene rings is 1. The number of carbonyl (C=O) groups is 1. The van der Waals surface area contributed by atoms with Crippen LogP contribution < -0.4 is 0 Å². The number of hydrogen-bond acceptors (Lipinski definition) is 4. The zero-order valence-corrected chi connectivity index (χ0v) is 18.9. The zero-order chi connectivity index (χ0) is 21.8. The third-order valence-electron chi connectivity index (χ3n) is 5.63. The number of amidine groups is 1. The van der Waals surface area contributed by atoms with Gasteiger partial charge in [-0.2, -0.15) is 0 Å². The lowest BCUT2D eigenvalue weighted by Gasteiger charge is -2.44. The minimum Gasteiger partial charge on any atom is -0.443 e. The molecule has 7 heteroatoms. The molecule has 1 amide bonds. The molecule has 1 fully saturated rings. The fourth-order valence-electron chi connectivity index (χ4n) is 4.36. The molecule has 1 heterocycles. The average Bonchev–Trinajstić information content (AvgIpc) is 2.86. The van der Waals surface area contributed by atoms with Gasteiger partial charge in [0.05, 0.1) is 5.25 Å². The summed E-state index contributed by atoms with van der Waals surface area (Å²) in [5.74, 6) is -0.133. The number of rotatable bonds is 1. The van der Waals surface area contributed by atoms with E-state index in [4.69, 9.17) is 10.1 Å². The minimum absolute atomic E-state index is 0.148. The van der Waals surface area contributed by atoms with Gasteiger partial charge in [-0.25, -0.2) is 9.18 Å². The second-order valence-electron chi connectivity index (χ2n) is 10.1. The van der Waals surface area contributed by atoms with Crippen molar-refractivity contribution >= 4 is 22.7 Å². The van der Waals surface area contributed by atoms with E-state index < -0.39 is 32.7 Å². The first-order valence-electron chi connectivity index (χ1n) is 10.0. The summed E-state index contributed by atoms with van der Waals surface area (Å²) in [6, 6.07) is 4.97. The molecule has 2 aliphatic rings. The Hall–Kier alpha value is -1.76. The Morgan fingerprint density at radius 3 is 2.45 bits per heavy atom. The smallest absolute Gasteiger partial charge is 0.415 e. The number of amides is 1. The first-order chi connectivity index (χ1) is 13.3. The highest BCUT2D eigenvalue weighted by Crippen LogP contribution is 2.57. The number of likely N-dealkylation sites (tertiary alicyclic amines) is 1. The van der Waals surface area contributed by atoms with Crippen molar-refractivity contribution in [2.75, 3.05) is 6.54 Å². The molecule has 0 bridgehead atoms. The third kappa shape index (κ3) is 4.11. The Labute approximate surface area is 175 Å². The first kappa shape index (κ1) is 21.9. The Bertz CT molecular complexity index is 872. The van der Waals surface area contributed by atoms with E-state index in [1.54, 1.807) is 26.8 Å². The van der Waals surface area contributed by atoms with Crippen molar-refractivity contribution in [1.82, 2.24) is 4.90 Å². The van der Waals surface area contributed by atoms with Gasteiger partial charge in [-0.1, -0.05) is 12.1 Å². The normalized spacial score (nSPS) is 25.8. The van der Waals surface area contributed by atoms with Crippen molar-refractivity contribution in [2.45, 2.75) is 76.4 Å². The number of ether oxygens (including phenoxy) is 1. The van der Waals surface area contributed by atoms with Crippen LogP contribution >= 0.6 is 0 Å². The summed E-state index contributed by atoms with van der Waals surface area (Å²) in [5, 5.41) is 8.19. The summed E-state index contributed by atoms with van der Waals surface area (Å²) in [7, 11) is -1.27. The number of nitrogens with zero attached hydrogens (tertiary/aromatic N) is 1. The summed E-state index contributed by atoms with van der Waals surface area (Å²) in [4.78, 5) is 13.9. The molecule has 1 saturated heterocycles. The molecule has 0 aromatic heterocycles. The van der Waals surface area contributed by atoms with Crippen LogP contribution in [0.5, 0.6) is 0 Å². The summed E-state index contributed by atoms with van der Waals surface area (Å²) >= 11 is 0. The number of halogens is 1. The van der Waals surface area contributed by atoms with Gasteiger partial charge >= 0.3 is 6.09 Å². The van der Waals surface area contributed by atoms with E-state index in [2.05, 4.69) is 0 Å². The predicted octanol–water partition coefficient (Wildman–Crippen LogP) is 4.96. The van der Waals surface area contributed by atoms with Crippen LogP contribution in [0.3, 0.4) is 0 Å². The van der Waals surface area contributed by atoms with Crippen LogP contribution in [-0.4, -0.2) is 37.9 Å². The monoisotopic (exact) mass is 422 g/mol. The molecule has 3 atom stereocenters. The Kier molecular flexibility index (Phi) is 5.43. The van der Waals surface area contributed by atoms with Crippen molar-refractivity contribution in [1.29, 1.82) is 5.41 Å². The second-order valence-corrected chi connectivity index (χ2v) is 12.4. The molecular formula is C22H31FN2O3S. The molecular weight excluding hydrogens is 391 g/mol. The Balaban J connectivity index is 1.95. The first-order valence-corrected chi connectivity index (χ1v) is 11.2. The Morgan fingerprint density at radius 2 is 1.90 bits per heavy atom. The van der Waals surface area contributed by atoms with Gasteiger partial charge in [-0.3, -0.25) is 14.5 Å². The van der Waals surface area contributed by atoms with Gasteiger partial charge in [0.15, 0.2) is 0 Å². The molecule has 1 N–H and O–H groups in total. The summed E-state index contributed by atoms with van der Waals surface area (Å²) in [6.45, 7) is 11.5. The van der Waals surface area contributed by atoms with Crippen molar-refractivity contribution in [3.8, 4) is 0 Å². The van der Waals surface area contributed by atoms with Crippen LogP contribution in [0.4, 0.5) is 9.18 Å². The molecule has 1 aliphatic carbocycles. The van der Waals surface area contributed by atoms with Gasteiger partial charge < -0.3 is 4.74 Å². The summed E-state index contributed by atoms with van der Waals surface area (Å²) < 4.78 is 33.1. The zero-order valence-electron chi connectivity index (χ0n) is 18.1. The molecule has 160 valence electrons. The maximum absolute atomic E-state index is 14.6. The molecule has 1 spiro atoms.